The minimum absolute atomic E-state index is 0.00673. The molecular weight excluding hydrogens is 529 g/mol. The van der Waals surface area contributed by atoms with E-state index in [0.717, 1.165) is 19.5 Å². The largest absolute Gasteiger partial charge is 0.489 e. The van der Waals surface area contributed by atoms with Crippen LogP contribution in [-0.4, -0.2) is 85.2 Å². The summed E-state index contributed by atoms with van der Waals surface area (Å²) in [4.78, 5) is 23.6. The number of aliphatic hydroxyl groups excluding tert-OH is 1. The molecule has 2 heterocycles. The Kier molecular flexibility index (Phi) is 10.4. The molecule has 2 aromatic carbocycles. The third-order valence-electron chi connectivity index (χ3n) is 6.03. The van der Waals surface area contributed by atoms with Gasteiger partial charge >= 0.3 is 0 Å². The molecule has 3 aromatic rings. The molecule has 1 unspecified atom stereocenters. The summed E-state index contributed by atoms with van der Waals surface area (Å²) >= 11 is 5.93. The first kappa shape index (κ1) is 28.7. The number of aromatic nitrogens is 2. The van der Waals surface area contributed by atoms with E-state index in [1.807, 2.05) is 0 Å². The molecule has 1 fully saturated rings. The number of rotatable bonds is 13. The fourth-order valence-corrected chi connectivity index (χ4v) is 4.33. The van der Waals surface area contributed by atoms with Crippen molar-refractivity contribution in [2.24, 2.45) is 0 Å². The van der Waals surface area contributed by atoms with Gasteiger partial charge in [0.05, 0.1) is 42.2 Å². The molecule has 12 heteroatoms. The van der Waals surface area contributed by atoms with Gasteiger partial charge in [-0.25, -0.2) is 14.4 Å². The Morgan fingerprint density at radius 3 is 2.92 bits per heavy atom. The highest BCUT2D eigenvalue weighted by molar-refractivity contribution is 6.31. The molecule has 1 aromatic heterocycles. The SMILES string of the molecule is COCCOc1cc2ncnc(Nc3ccc(F)c(Cl)c3)c2cc1NC(=O)C=CCN1CCC(OCCO)C1. The molecule has 1 saturated heterocycles. The molecule has 4 rings (SSSR count). The third kappa shape index (κ3) is 8.07. The van der Waals surface area contributed by atoms with Crippen molar-refractivity contribution in [3.8, 4) is 5.75 Å². The zero-order chi connectivity index (χ0) is 27.6. The standard InChI is InChI=1S/C27H31ClFN5O5/c1-37-11-12-39-25-15-23-20(27(31-17-30-23)32-18-4-5-22(29)21(28)13-18)14-24(25)33-26(36)3-2-7-34-8-6-19(16-34)38-10-9-35/h2-5,13-15,17,19,35H,6-12,16H2,1H3,(H,33,36)(H,30,31,32). The second-order valence-electron chi connectivity index (χ2n) is 8.84. The first-order chi connectivity index (χ1) is 19.0. The van der Waals surface area contributed by atoms with E-state index in [0.29, 0.717) is 53.6 Å². The Balaban J connectivity index is 1.50. The van der Waals surface area contributed by atoms with Gasteiger partial charge in [-0.2, -0.15) is 0 Å². The number of likely N-dealkylation sites (tertiary alicyclic amines) is 1. The van der Waals surface area contributed by atoms with Gasteiger partial charge in [0.15, 0.2) is 0 Å². The van der Waals surface area contributed by atoms with Crippen molar-refractivity contribution >= 4 is 45.6 Å². The zero-order valence-corrected chi connectivity index (χ0v) is 22.3. The number of halogens is 2. The number of benzene rings is 2. The molecule has 39 heavy (non-hydrogen) atoms. The molecule has 0 radical (unpaired) electrons. The van der Waals surface area contributed by atoms with Gasteiger partial charge in [-0.05, 0) is 30.7 Å². The van der Waals surface area contributed by atoms with Gasteiger partial charge in [-0.15, -0.1) is 0 Å². The first-order valence-electron chi connectivity index (χ1n) is 12.5. The van der Waals surface area contributed by atoms with E-state index in [-0.39, 0.29) is 30.2 Å². The van der Waals surface area contributed by atoms with Crippen molar-refractivity contribution < 1.29 is 28.5 Å². The molecule has 208 valence electrons. The Labute approximate surface area is 230 Å². The Hall–Kier alpha value is -3.35. The zero-order valence-electron chi connectivity index (χ0n) is 21.5. The molecule has 0 saturated carbocycles. The summed E-state index contributed by atoms with van der Waals surface area (Å²) in [5.74, 6) is 0.0310. The molecule has 10 nitrogen and oxygen atoms in total. The summed E-state index contributed by atoms with van der Waals surface area (Å²) < 4.78 is 30.1. The monoisotopic (exact) mass is 559 g/mol. The lowest BCUT2D eigenvalue weighted by atomic mass is 10.1. The maximum atomic E-state index is 13.6. The van der Waals surface area contributed by atoms with E-state index in [1.165, 1.54) is 24.5 Å². The van der Waals surface area contributed by atoms with Gasteiger partial charge in [0.25, 0.3) is 0 Å². The van der Waals surface area contributed by atoms with Gasteiger partial charge in [-0.3, -0.25) is 9.69 Å². The lowest BCUT2D eigenvalue weighted by Gasteiger charge is -2.15. The van der Waals surface area contributed by atoms with E-state index < -0.39 is 5.82 Å². The maximum Gasteiger partial charge on any atom is 0.248 e. The van der Waals surface area contributed by atoms with Gasteiger partial charge in [0, 0.05) is 50.0 Å². The average Bonchev–Trinajstić information content (AvgIpc) is 3.38. The lowest BCUT2D eigenvalue weighted by molar-refractivity contribution is -0.111. The predicted molar refractivity (Wildman–Crippen MR) is 147 cm³/mol. The third-order valence-corrected chi connectivity index (χ3v) is 6.32. The van der Waals surface area contributed by atoms with Crippen molar-refractivity contribution in [3.63, 3.8) is 0 Å². The average molecular weight is 560 g/mol. The number of anilines is 3. The van der Waals surface area contributed by atoms with Crippen LogP contribution in [0.3, 0.4) is 0 Å². The van der Waals surface area contributed by atoms with Crippen molar-refractivity contribution in [1.29, 1.82) is 0 Å². The normalized spacial score (nSPS) is 15.7. The van der Waals surface area contributed by atoms with Crippen LogP contribution >= 0.6 is 11.6 Å². The Morgan fingerprint density at radius 2 is 2.13 bits per heavy atom. The highest BCUT2D eigenvalue weighted by Crippen LogP contribution is 2.34. The lowest BCUT2D eigenvalue weighted by Crippen LogP contribution is -2.24. The van der Waals surface area contributed by atoms with Crippen molar-refractivity contribution in [2.75, 3.05) is 63.8 Å². The molecule has 1 amide bonds. The fourth-order valence-electron chi connectivity index (χ4n) is 4.15. The van der Waals surface area contributed by atoms with Crippen molar-refractivity contribution in [1.82, 2.24) is 14.9 Å². The van der Waals surface area contributed by atoms with E-state index >= 15 is 0 Å². The number of carbonyl (C=O) groups excluding carboxylic acids is 1. The van der Waals surface area contributed by atoms with Crippen molar-refractivity contribution in [2.45, 2.75) is 12.5 Å². The number of hydrogen-bond acceptors (Lipinski definition) is 9. The molecule has 1 atom stereocenters. The highest BCUT2D eigenvalue weighted by atomic mass is 35.5. The number of ether oxygens (including phenoxy) is 3. The van der Waals surface area contributed by atoms with E-state index in [4.69, 9.17) is 30.9 Å². The van der Waals surface area contributed by atoms with Gasteiger partial charge in [-0.1, -0.05) is 17.7 Å². The number of methoxy groups -OCH3 is 1. The smallest absolute Gasteiger partial charge is 0.248 e. The van der Waals surface area contributed by atoms with E-state index in [9.17, 15) is 9.18 Å². The Bertz CT molecular complexity index is 1310. The van der Waals surface area contributed by atoms with Crippen LogP contribution in [0.1, 0.15) is 6.42 Å². The molecular formula is C27H31ClFN5O5. The van der Waals surface area contributed by atoms with Crippen LogP contribution in [0.2, 0.25) is 5.02 Å². The first-order valence-corrected chi connectivity index (χ1v) is 12.9. The molecule has 0 bridgehead atoms. The highest BCUT2D eigenvalue weighted by Gasteiger charge is 2.21. The molecule has 0 spiro atoms. The fraction of sp³-hybridized carbons (Fsp3) is 0.370. The van der Waals surface area contributed by atoms with Crippen LogP contribution in [0.15, 0.2) is 48.8 Å². The van der Waals surface area contributed by atoms with Crippen LogP contribution in [0.4, 0.5) is 21.6 Å². The number of fused-ring (bicyclic) bond motifs is 1. The number of nitrogens with zero attached hydrogens (tertiary/aromatic N) is 3. The van der Waals surface area contributed by atoms with Crippen LogP contribution in [0.5, 0.6) is 5.75 Å². The summed E-state index contributed by atoms with van der Waals surface area (Å²) in [6, 6.07) is 7.71. The molecule has 1 aliphatic heterocycles. The topological polar surface area (TPSA) is 118 Å². The Morgan fingerprint density at radius 1 is 1.26 bits per heavy atom. The van der Waals surface area contributed by atoms with Crippen LogP contribution < -0.4 is 15.4 Å². The van der Waals surface area contributed by atoms with E-state index in [1.54, 1.807) is 31.4 Å². The molecule has 3 N–H and O–H groups in total. The summed E-state index contributed by atoms with van der Waals surface area (Å²) in [6.45, 7) is 3.20. The second-order valence-corrected chi connectivity index (χ2v) is 9.25. The summed E-state index contributed by atoms with van der Waals surface area (Å²) in [7, 11) is 1.57. The maximum absolute atomic E-state index is 13.6. The van der Waals surface area contributed by atoms with E-state index in [2.05, 4.69) is 25.5 Å². The number of hydrogen-bond donors (Lipinski definition) is 3. The number of nitrogens with one attached hydrogen (secondary N) is 2. The van der Waals surface area contributed by atoms with Crippen molar-refractivity contribution in [3.05, 3.63) is 59.7 Å². The van der Waals surface area contributed by atoms with Gasteiger partial charge < -0.3 is 30.0 Å². The summed E-state index contributed by atoms with van der Waals surface area (Å²) in [6.07, 6.45) is 5.66. The van der Waals surface area contributed by atoms with Gasteiger partial charge in [0.1, 0.15) is 30.3 Å². The molecule has 0 aliphatic carbocycles. The number of carbonyl (C=O) groups is 1. The molecule has 1 aliphatic rings. The van der Waals surface area contributed by atoms with Crippen LogP contribution in [-0.2, 0) is 14.3 Å². The quantitative estimate of drug-likeness (QED) is 0.212. The van der Waals surface area contributed by atoms with Crippen LogP contribution in [0, 0.1) is 5.82 Å². The summed E-state index contributed by atoms with van der Waals surface area (Å²) in [5, 5.41) is 15.5. The number of aliphatic hydroxyl groups is 1. The summed E-state index contributed by atoms with van der Waals surface area (Å²) in [5.41, 5.74) is 1.55. The number of amides is 1. The minimum Gasteiger partial charge on any atom is -0.489 e. The van der Waals surface area contributed by atoms with Gasteiger partial charge in [0.2, 0.25) is 5.91 Å². The second kappa shape index (κ2) is 14.2. The minimum atomic E-state index is -0.523. The predicted octanol–water partition coefficient (Wildman–Crippen LogP) is 3.77. The van der Waals surface area contributed by atoms with Crippen LogP contribution in [0.25, 0.3) is 10.9 Å².